The van der Waals surface area contributed by atoms with E-state index in [4.69, 9.17) is 14.2 Å². The lowest BCUT2D eigenvalue weighted by Crippen LogP contribution is -2.61. The van der Waals surface area contributed by atoms with Crippen LogP contribution in [0.2, 0.25) is 0 Å². The first-order valence-electron chi connectivity index (χ1n) is 8.31. The second-order valence-corrected chi connectivity index (χ2v) is 6.78. The molecular weight excluding hydrogens is 368 g/mol. The molecule has 1 saturated heterocycles. The number of aliphatic hydroxyl groups is 6. The summed E-state index contributed by atoms with van der Waals surface area (Å²) >= 11 is 0. The van der Waals surface area contributed by atoms with Gasteiger partial charge in [-0.3, -0.25) is 0 Å². The molecule has 0 amide bonds. The Morgan fingerprint density at radius 3 is 2.44 bits per heavy atom. The summed E-state index contributed by atoms with van der Waals surface area (Å²) in [6.07, 6.45) is -5.48. The number of carbonyl (C=O) groups is 1. The highest BCUT2D eigenvalue weighted by Crippen LogP contribution is 2.45. The van der Waals surface area contributed by atoms with Gasteiger partial charge < -0.3 is 50.0 Å². The van der Waals surface area contributed by atoms with Crippen LogP contribution in [0.3, 0.4) is 0 Å². The minimum absolute atomic E-state index is 0.158. The highest BCUT2D eigenvalue weighted by molar-refractivity contribution is 5.87. The Morgan fingerprint density at radius 1 is 1.15 bits per heavy atom. The maximum Gasteiger partial charge on any atom is 0.335 e. The molecule has 152 valence electrons. The standard InChI is InChI=1S/C16H22O11/c17-3-8-10(19)11(20)12(21)15(26-8)27-14-9-6(1-2-16(9,24)5-18)7(4-25-14)13(22)23/h1-2,4,6,8-12,14-15,17-21,24H,3,5H2,(H,22,23)/t6?,8-,9?,10-,11+,12-,14?,15+,16?/m1/s1. The molecule has 2 aliphatic heterocycles. The van der Waals surface area contributed by atoms with E-state index in [-0.39, 0.29) is 5.57 Å². The maximum absolute atomic E-state index is 11.4. The summed E-state index contributed by atoms with van der Waals surface area (Å²) < 4.78 is 16.0. The number of rotatable bonds is 5. The van der Waals surface area contributed by atoms with E-state index >= 15 is 0 Å². The lowest BCUT2D eigenvalue weighted by molar-refractivity contribution is -0.346. The molecule has 11 heteroatoms. The van der Waals surface area contributed by atoms with Crippen molar-refractivity contribution in [3.05, 3.63) is 24.0 Å². The lowest BCUT2D eigenvalue weighted by Gasteiger charge is -2.44. The zero-order valence-electron chi connectivity index (χ0n) is 14.0. The van der Waals surface area contributed by atoms with Crippen LogP contribution in [0.1, 0.15) is 0 Å². The van der Waals surface area contributed by atoms with E-state index < -0.39 is 73.6 Å². The molecule has 0 spiro atoms. The van der Waals surface area contributed by atoms with Crippen LogP contribution in [0, 0.1) is 11.8 Å². The van der Waals surface area contributed by atoms with Gasteiger partial charge in [0.05, 0.1) is 31.0 Å². The monoisotopic (exact) mass is 390 g/mol. The number of hydrogen-bond donors (Lipinski definition) is 7. The molecule has 0 bridgehead atoms. The molecule has 0 aromatic heterocycles. The van der Waals surface area contributed by atoms with Gasteiger partial charge in [0.2, 0.25) is 6.29 Å². The number of aliphatic carboxylic acids is 1. The molecule has 1 fully saturated rings. The fourth-order valence-electron chi connectivity index (χ4n) is 3.60. The van der Waals surface area contributed by atoms with Gasteiger partial charge in [-0.25, -0.2) is 4.79 Å². The van der Waals surface area contributed by atoms with Gasteiger partial charge in [-0.2, -0.15) is 0 Å². The molecule has 0 aromatic carbocycles. The van der Waals surface area contributed by atoms with Gasteiger partial charge in [-0.15, -0.1) is 0 Å². The zero-order chi connectivity index (χ0) is 19.9. The van der Waals surface area contributed by atoms with Crippen molar-refractivity contribution in [1.82, 2.24) is 0 Å². The van der Waals surface area contributed by atoms with E-state index in [2.05, 4.69) is 0 Å². The van der Waals surface area contributed by atoms with Crippen molar-refractivity contribution in [2.45, 2.75) is 42.6 Å². The molecule has 3 aliphatic rings. The highest BCUT2D eigenvalue weighted by Gasteiger charge is 2.55. The first-order chi connectivity index (χ1) is 12.7. The predicted molar refractivity (Wildman–Crippen MR) is 83.6 cm³/mol. The summed E-state index contributed by atoms with van der Waals surface area (Å²) in [5.74, 6) is -3.20. The molecule has 0 saturated carbocycles. The average Bonchev–Trinajstić information content (AvgIpc) is 3.01. The number of hydrogen-bond acceptors (Lipinski definition) is 10. The molecule has 9 atom stereocenters. The molecule has 27 heavy (non-hydrogen) atoms. The summed E-state index contributed by atoms with van der Waals surface area (Å²) in [5, 5.41) is 68.4. The smallest absolute Gasteiger partial charge is 0.335 e. The fraction of sp³-hybridized carbons (Fsp3) is 0.688. The second-order valence-electron chi connectivity index (χ2n) is 6.78. The van der Waals surface area contributed by atoms with Crippen molar-refractivity contribution in [3.63, 3.8) is 0 Å². The van der Waals surface area contributed by atoms with Gasteiger partial charge in [-0.1, -0.05) is 12.2 Å². The molecule has 2 heterocycles. The molecule has 0 radical (unpaired) electrons. The Balaban J connectivity index is 1.84. The Bertz CT molecular complexity index is 632. The average molecular weight is 390 g/mol. The van der Waals surface area contributed by atoms with Crippen LogP contribution >= 0.6 is 0 Å². The van der Waals surface area contributed by atoms with Crippen molar-refractivity contribution in [2.75, 3.05) is 13.2 Å². The van der Waals surface area contributed by atoms with E-state index in [0.29, 0.717) is 0 Å². The van der Waals surface area contributed by atoms with Crippen LogP contribution in [-0.2, 0) is 19.0 Å². The highest BCUT2D eigenvalue weighted by atomic mass is 16.8. The van der Waals surface area contributed by atoms with Crippen molar-refractivity contribution in [2.24, 2.45) is 11.8 Å². The zero-order valence-corrected chi connectivity index (χ0v) is 14.0. The van der Waals surface area contributed by atoms with Crippen LogP contribution in [0.4, 0.5) is 0 Å². The summed E-state index contributed by atoms with van der Waals surface area (Å²) in [7, 11) is 0. The number of fused-ring (bicyclic) bond motifs is 1. The lowest BCUT2D eigenvalue weighted by atomic mass is 9.79. The number of allylic oxidation sites excluding steroid dienone is 1. The Hall–Kier alpha value is -1.57. The minimum atomic E-state index is -1.85. The largest absolute Gasteiger partial charge is 0.478 e. The van der Waals surface area contributed by atoms with Gasteiger partial charge in [0.1, 0.15) is 30.0 Å². The van der Waals surface area contributed by atoms with Crippen molar-refractivity contribution in [3.8, 4) is 0 Å². The number of ether oxygens (including phenoxy) is 3. The third kappa shape index (κ3) is 3.37. The third-order valence-electron chi connectivity index (χ3n) is 5.15. The minimum Gasteiger partial charge on any atom is -0.478 e. The molecule has 11 nitrogen and oxygen atoms in total. The van der Waals surface area contributed by atoms with Gasteiger partial charge in [0, 0.05) is 5.92 Å². The van der Waals surface area contributed by atoms with Crippen LogP contribution in [0.5, 0.6) is 0 Å². The SMILES string of the molecule is O=C(O)C1=COC(O[C@@H]2O[C@H](CO)[C@@H](O)[C@H](O)[C@H]2O)C2C1C=CC2(O)CO. The van der Waals surface area contributed by atoms with Gasteiger partial charge in [-0.05, 0) is 0 Å². The first kappa shape index (κ1) is 20.2. The van der Waals surface area contributed by atoms with Gasteiger partial charge in [0.25, 0.3) is 0 Å². The summed E-state index contributed by atoms with van der Waals surface area (Å²) in [5.41, 5.74) is -2.01. The van der Waals surface area contributed by atoms with E-state index in [1.165, 1.54) is 12.2 Å². The molecule has 0 aromatic rings. The van der Waals surface area contributed by atoms with E-state index in [9.17, 15) is 40.5 Å². The summed E-state index contributed by atoms with van der Waals surface area (Å²) in [4.78, 5) is 11.4. The van der Waals surface area contributed by atoms with Crippen LogP contribution in [0.25, 0.3) is 0 Å². The fourth-order valence-corrected chi connectivity index (χ4v) is 3.60. The Labute approximate surface area is 153 Å². The van der Waals surface area contributed by atoms with E-state index in [1.807, 2.05) is 0 Å². The normalized spacial score (nSPS) is 46.5. The Morgan fingerprint density at radius 2 is 1.85 bits per heavy atom. The first-order valence-corrected chi connectivity index (χ1v) is 8.31. The van der Waals surface area contributed by atoms with Gasteiger partial charge >= 0.3 is 5.97 Å². The van der Waals surface area contributed by atoms with Crippen LogP contribution in [-0.4, -0.2) is 97.5 Å². The quantitative estimate of drug-likeness (QED) is 0.233. The van der Waals surface area contributed by atoms with Gasteiger partial charge in [0.15, 0.2) is 6.29 Å². The summed E-state index contributed by atoms with van der Waals surface area (Å²) in [6.45, 7) is -1.40. The van der Waals surface area contributed by atoms with Crippen molar-refractivity contribution < 1.29 is 54.8 Å². The molecule has 3 rings (SSSR count). The molecule has 7 N–H and O–H groups in total. The number of carboxylic acid groups (broad SMARTS) is 1. The molecule has 1 aliphatic carbocycles. The molecule has 4 unspecified atom stereocenters. The van der Waals surface area contributed by atoms with E-state index in [1.54, 1.807) is 0 Å². The second kappa shape index (κ2) is 7.45. The number of aliphatic hydroxyl groups excluding tert-OH is 5. The number of carboxylic acids is 1. The summed E-state index contributed by atoms with van der Waals surface area (Å²) in [6, 6.07) is 0. The van der Waals surface area contributed by atoms with Crippen molar-refractivity contribution in [1.29, 1.82) is 0 Å². The van der Waals surface area contributed by atoms with Crippen LogP contribution in [0.15, 0.2) is 24.0 Å². The predicted octanol–water partition coefficient (Wildman–Crippen LogP) is -3.35. The third-order valence-corrected chi connectivity index (χ3v) is 5.15. The van der Waals surface area contributed by atoms with Crippen molar-refractivity contribution >= 4 is 5.97 Å². The Kier molecular flexibility index (Phi) is 5.57. The molecular formula is C16H22O11. The van der Waals surface area contributed by atoms with E-state index in [0.717, 1.165) is 6.26 Å². The maximum atomic E-state index is 11.4. The van der Waals surface area contributed by atoms with Crippen LogP contribution < -0.4 is 0 Å². The topological polar surface area (TPSA) is 186 Å².